The van der Waals surface area contributed by atoms with Crippen LogP contribution in [0.3, 0.4) is 0 Å². The molecule has 0 unspecified atom stereocenters. The Kier molecular flexibility index (Phi) is 5.26. The standard InChI is InChI=1S/C19H24N2O2/c22-13-4-3-12-21(16-10-11-16)14-19(23)20-18-9-5-7-15-6-1-2-8-17(15)18/h1-2,5-9,16,22H,3-4,10-14H2,(H,20,23). The first kappa shape index (κ1) is 16.0. The Morgan fingerprint density at radius 2 is 1.91 bits per heavy atom. The molecular formula is C19H24N2O2. The lowest BCUT2D eigenvalue weighted by Gasteiger charge is -2.21. The molecule has 4 nitrogen and oxygen atoms in total. The molecule has 0 saturated heterocycles. The molecule has 0 aliphatic heterocycles. The number of carbonyl (C=O) groups is 1. The van der Waals surface area contributed by atoms with Crippen molar-refractivity contribution in [2.75, 3.05) is 25.0 Å². The third kappa shape index (κ3) is 4.30. The van der Waals surface area contributed by atoms with Gasteiger partial charge in [-0.1, -0.05) is 36.4 Å². The van der Waals surface area contributed by atoms with Gasteiger partial charge in [0.1, 0.15) is 0 Å². The number of carbonyl (C=O) groups excluding carboxylic acids is 1. The zero-order valence-electron chi connectivity index (χ0n) is 13.4. The molecule has 2 N–H and O–H groups in total. The summed E-state index contributed by atoms with van der Waals surface area (Å²) in [5, 5.41) is 14.2. The summed E-state index contributed by atoms with van der Waals surface area (Å²) < 4.78 is 0. The van der Waals surface area contributed by atoms with Gasteiger partial charge < -0.3 is 10.4 Å². The van der Waals surface area contributed by atoms with Gasteiger partial charge >= 0.3 is 0 Å². The number of nitrogens with one attached hydrogen (secondary N) is 1. The van der Waals surface area contributed by atoms with E-state index in [1.54, 1.807) is 0 Å². The third-order valence-corrected chi connectivity index (χ3v) is 4.33. The van der Waals surface area contributed by atoms with Crippen molar-refractivity contribution in [1.29, 1.82) is 0 Å². The minimum absolute atomic E-state index is 0.0391. The summed E-state index contributed by atoms with van der Waals surface area (Å²) in [5.74, 6) is 0.0391. The van der Waals surface area contributed by atoms with E-state index in [2.05, 4.69) is 22.3 Å². The molecule has 0 aromatic heterocycles. The van der Waals surface area contributed by atoms with E-state index in [1.807, 2.05) is 30.3 Å². The second kappa shape index (κ2) is 7.57. The molecule has 2 aromatic carbocycles. The number of hydrogen-bond acceptors (Lipinski definition) is 3. The molecule has 3 rings (SSSR count). The van der Waals surface area contributed by atoms with Crippen LogP contribution < -0.4 is 5.32 Å². The highest BCUT2D eigenvalue weighted by atomic mass is 16.2. The molecule has 0 spiro atoms. The molecular weight excluding hydrogens is 288 g/mol. The number of hydrogen-bond donors (Lipinski definition) is 2. The van der Waals surface area contributed by atoms with Crippen molar-refractivity contribution >= 4 is 22.4 Å². The molecule has 1 amide bonds. The molecule has 4 heteroatoms. The van der Waals surface area contributed by atoms with E-state index >= 15 is 0 Å². The third-order valence-electron chi connectivity index (χ3n) is 4.33. The molecule has 1 aliphatic rings. The van der Waals surface area contributed by atoms with Crippen LogP contribution in [-0.4, -0.2) is 41.7 Å². The van der Waals surface area contributed by atoms with Crippen molar-refractivity contribution < 1.29 is 9.90 Å². The van der Waals surface area contributed by atoms with E-state index in [0.717, 1.165) is 35.8 Å². The number of benzene rings is 2. The Balaban J connectivity index is 1.63. The fourth-order valence-corrected chi connectivity index (χ4v) is 2.97. The number of unbranched alkanes of at least 4 members (excludes halogenated alkanes) is 1. The second-order valence-corrected chi connectivity index (χ2v) is 6.21. The Bertz CT molecular complexity index is 662. The predicted octanol–water partition coefficient (Wildman–Crippen LogP) is 3.02. The van der Waals surface area contributed by atoms with E-state index in [9.17, 15) is 4.79 Å². The maximum absolute atomic E-state index is 12.4. The van der Waals surface area contributed by atoms with Crippen LogP contribution in [0.25, 0.3) is 10.8 Å². The number of nitrogens with zero attached hydrogens (tertiary/aromatic N) is 1. The zero-order chi connectivity index (χ0) is 16.1. The minimum atomic E-state index is 0.0391. The normalized spacial score (nSPS) is 14.3. The first-order chi connectivity index (χ1) is 11.3. The van der Waals surface area contributed by atoms with Crippen molar-refractivity contribution in [3.8, 4) is 0 Å². The second-order valence-electron chi connectivity index (χ2n) is 6.21. The van der Waals surface area contributed by atoms with Gasteiger partial charge in [-0.05, 0) is 43.7 Å². The van der Waals surface area contributed by atoms with Crippen LogP contribution in [-0.2, 0) is 4.79 Å². The van der Waals surface area contributed by atoms with Gasteiger partial charge in [0, 0.05) is 23.7 Å². The Hall–Kier alpha value is -1.91. The summed E-state index contributed by atoms with van der Waals surface area (Å²) in [6, 6.07) is 14.6. The fourth-order valence-electron chi connectivity index (χ4n) is 2.97. The van der Waals surface area contributed by atoms with Crippen molar-refractivity contribution in [3.63, 3.8) is 0 Å². The highest BCUT2D eigenvalue weighted by molar-refractivity contribution is 6.02. The minimum Gasteiger partial charge on any atom is -0.396 e. The van der Waals surface area contributed by atoms with Crippen LogP contribution in [0.15, 0.2) is 42.5 Å². The topological polar surface area (TPSA) is 52.6 Å². The zero-order valence-corrected chi connectivity index (χ0v) is 13.4. The monoisotopic (exact) mass is 312 g/mol. The number of amides is 1. The number of aliphatic hydroxyl groups is 1. The van der Waals surface area contributed by atoms with E-state index < -0.39 is 0 Å². The summed E-state index contributed by atoms with van der Waals surface area (Å²) in [6.45, 7) is 1.54. The van der Waals surface area contributed by atoms with E-state index in [4.69, 9.17) is 5.11 Å². The smallest absolute Gasteiger partial charge is 0.238 e. The predicted molar refractivity (Wildman–Crippen MR) is 93.5 cm³/mol. The lowest BCUT2D eigenvalue weighted by molar-refractivity contribution is -0.117. The van der Waals surface area contributed by atoms with Crippen LogP contribution in [0.1, 0.15) is 25.7 Å². The summed E-state index contributed by atoms with van der Waals surface area (Å²) in [7, 11) is 0. The molecule has 23 heavy (non-hydrogen) atoms. The Labute approximate surface area is 137 Å². The quantitative estimate of drug-likeness (QED) is 0.737. The summed E-state index contributed by atoms with van der Waals surface area (Å²) in [6.07, 6.45) is 4.10. The molecule has 0 atom stereocenters. The van der Waals surface area contributed by atoms with Crippen molar-refractivity contribution in [1.82, 2.24) is 4.90 Å². The first-order valence-corrected chi connectivity index (χ1v) is 8.40. The average Bonchev–Trinajstić information content (AvgIpc) is 3.39. The summed E-state index contributed by atoms with van der Waals surface area (Å²) in [4.78, 5) is 14.7. The van der Waals surface area contributed by atoms with Gasteiger partial charge in [0.05, 0.1) is 6.54 Å². The maximum Gasteiger partial charge on any atom is 0.238 e. The molecule has 0 bridgehead atoms. The van der Waals surface area contributed by atoms with E-state index in [-0.39, 0.29) is 12.5 Å². The number of anilines is 1. The average molecular weight is 312 g/mol. The fraction of sp³-hybridized carbons (Fsp3) is 0.421. The van der Waals surface area contributed by atoms with Crippen LogP contribution >= 0.6 is 0 Å². The molecule has 0 radical (unpaired) electrons. The lowest BCUT2D eigenvalue weighted by atomic mass is 10.1. The van der Waals surface area contributed by atoms with Gasteiger partial charge in [-0.2, -0.15) is 0 Å². The highest BCUT2D eigenvalue weighted by Crippen LogP contribution is 2.27. The molecule has 1 saturated carbocycles. The van der Waals surface area contributed by atoms with Crippen molar-refractivity contribution in [3.05, 3.63) is 42.5 Å². The number of aliphatic hydroxyl groups excluding tert-OH is 1. The van der Waals surface area contributed by atoms with Gasteiger partial charge in [0.15, 0.2) is 0 Å². The number of fused-ring (bicyclic) bond motifs is 1. The van der Waals surface area contributed by atoms with Gasteiger partial charge in [0.25, 0.3) is 0 Å². The van der Waals surface area contributed by atoms with Crippen LogP contribution in [0.4, 0.5) is 5.69 Å². The molecule has 1 fully saturated rings. The first-order valence-electron chi connectivity index (χ1n) is 8.40. The van der Waals surface area contributed by atoms with Crippen LogP contribution in [0.2, 0.25) is 0 Å². The largest absolute Gasteiger partial charge is 0.396 e. The summed E-state index contributed by atoms with van der Waals surface area (Å²) >= 11 is 0. The number of rotatable bonds is 8. The van der Waals surface area contributed by atoms with Gasteiger partial charge in [-0.15, -0.1) is 0 Å². The molecule has 1 aliphatic carbocycles. The Morgan fingerprint density at radius 3 is 2.70 bits per heavy atom. The SMILES string of the molecule is O=C(CN(CCCCO)C1CC1)Nc1cccc2ccccc12. The van der Waals surface area contributed by atoms with Crippen molar-refractivity contribution in [2.24, 2.45) is 0 Å². The van der Waals surface area contributed by atoms with Gasteiger partial charge in [-0.25, -0.2) is 0 Å². The van der Waals surface area contributed by atoms with Crippen LogP contribution in [0.5, 0.6) is 0 Å². The van der Waals surface area contributed by atoms with E-state index in [0.29, 0.717) is 12.6 Å². The summed E-state index contributed by atoms with van der Waals surface area (Å²) in [5.41, 5.74) is 0.874. The molecule has 122 valence electrons. The van der Waals surface area contributed by atoms with Crippen molar-refractivity contribution in [2.45, 2.75) is 31.7 Å². The van der Waals surface area contributed by atoms with Crippen LogP contribution in [0, 0.1) is 0 Å². The Morgan fingerprint density at radius 1 is 1.13 bits per heavy atom. The maximum atomic E-state index is 12.4. The lowest BCUT2D eigenvalue weighted by Crippen LogP contribution is -2.35. The highest BCUT2D eigenvalue weighted by Gasteiger charge is 2.29. The van der Waals surface area contributed by atoms with Gasteiger partial charge in [0.2, 0.25) is 5.91 Å². The molecule has 2 aromatic rings. The molecule has 0 heterocycles. The van der Waals surface area contributed by atoms with E-state index in [1.165, 1.54) is 12.8 Å². The van der Waals surface area contributed by atoms with Gasteiger partial charge in [-0.3, -0.25) is 9.69 Å².